The van der Waals surface area contributed by atoms with Crippen molar-refractivity contribution in [1.29, 1.82) is 0 Å². The lowest BCUT2D eigenvalue weighted by molar-refractivity contribution is 0.0951. The van der Waals surface area contributed by atoms with E-state index in [1.807, 2.05) is 18.2 Å². The fourth-order valence-corrected chi connectivity index (χ4v) is 2.42. The van der Waals surface area contributed by atoms with E-state index in [-0.39, 0.29) is 24.0 Å². The summed E-state index contributed by atoms with van der Waals surface area (Å²) in [4.78, 5) is 28.5. The fraction of sp³-hybridized carbons (Fsp3) is 0.111. The molecule has 0 spiro atoms. The maximum absolute atomic E-state index is 12.3. The van der Waals surface area contributed by atoms with Crippen molar-refractivity contribution in [3.05, 3.63) is 76.3 Å². The second-order valence-electron chi connectivity index (χ2n) is 5.48. The summed E-state index contributed by atoms with van der Waals surface area (Å²) in [6.45, 7) is 1.99. The van der Waals surface area contributed by atoms with Crippen LogP contribution in [0.1, 0.15) is 32.2 Å². The molecule has 1 aromatic carbocycles. The normalized spacial score (nSPS) is 10.4. The van der Waals surface area contributed by atoms with Gasteiger partial charge in [-0.2, -0.15) is 0 Å². The molecule has 0 aliphatic rings. The van der Waals surface area contributed by atoms with Crippen LogP contribution in [-0.4, -0.2) is 22.0 Å². The minimum Gasteiger partial charge on any atom is -0.360 e. The van der Waals surface area contributed by atoms with E-state index < -0.39 is 5.91 Å². The third kappa shape index (κ3) is 4.25. The molecule has 2 heterocycles. The Bertz CT molecular complexity index is 955. The van der Waals surface area contributed by atoms with Crippen molar-refractivity contribution in [2.45, 2.75) is 13.5 Å². The van der Waals surface area contributed by atoms with Crippen molar-refractivity contribution >= 4 is 29.2 Å². The van der Waals surface area contributed by atoms with Gasteiger partial charge in [0.1, 0.15) is 11.5 Å². The Hall–Kier alpha value is -3.19. The molecule has 0 bridgehead atoms. The van der Waals surface area contributed by atoms with Gasteiger partial charge in [-0.05, 0) is 30.7 Å². The predicted octanol–water partition coefficient (Wildman–Crippen LogP) is 3.21. The number of aromatic nitrogens is 2. The van der Waals surface area contributed by atoms with Gasteiger partial charge in [0, 0.05) is 29.4 Å². The van der Waals surface area contributed by atoms with E-state index in [0.717, 1.165) is 5.56 Å². The second kappa shape index (κ2) is 7.79. The lowest BCUT2D eigenvalue weighted by Gasteiger charge is -2.08. The van der Waals surface area contributed by atoms with Crippen molar-refractivity contribution in [3.63, 3.8) is 0 Å². The highest BCUT2D eigenvalue weighted by molar-refractivity contribution is 6.31. The first-order chi connectivity index (χ1) is 12.5. The van der Waals surface area contributed by atoms with Crippen molar-refractivity contribution in [2.24, 2.45) is 0 Å². The number of amides is 2. The maximum atomic E-state index is 12.3. The molecule has 7 nitrogen and oxygen atoms in total. The number of hydrogen-bond acceptors (Lipinski definition) is 5. The number of nitrogens with one attached hydrogen (secondary N) is 2. The van der Waals surface area contributed by atoms with Gasteiger partial charge < -0.3 is 15.2 Å². The van der Waals surface area contributed by atoms with Crippen LogP contribution in [-0.2, 0) is 6.54 Å². The van der Waals surface area contributed by atoms with E-state index in [1.54, 1.807) is 19.1 Å². The summed E-state index contributed by atoms with van der Waals surface area (Å²) in [5.41, 5.74) is 1.21. The van der Waals surface area contributed by atoms with Gasteiger partial charge in [-0.1, -0.05) is 35.0 Å². The zero-order valence-corrected chi connectivity index (χ0v) is 14.6. The number of hydrogen-bond donors (Lipinski definition) is 2. The molecule has 2 amide bonds. The van der Waals surface area contributed by atoms with Gasteiger partial charge in [-0.3, -0.25) is 14.6 Å². The molecular formula is C18H15ClN4O3. The topological polar surface area (TPSA) is 97.1 Å². The minimum absolute atomic E-state index is 0.0936. The van der Waals surface area contributed by atoms with Crippen LogP contribution in [0.3, 0.4) is 0 Å². The van der Waals surface area contributed by atoms with Crippen molar-refractivity contribution in [3.8, 4) is 0 Å². The average Bonchev–Trinajstić information content (AvgIpc) is 3.05. The SMILES string of the molecule is Cc1cc(NC(=O)c2cc(C(=O)NCc3ccccc3Cl)ccn2)no1. The molecular weight excluding hydrogens is 356 g/mol. The quantitative estimate of drug-likeness (QED) is 0.718. The lowest BCUT2D eigenvalue weighted by atomic mass is 10.2. The van der Waals surface area contributed by atoms with Gasteiger partial charge in [-0.15, -0.1) is 0 Å². The summed E-state index contributed by atoms with van der Waals surface area (Å²) >= 11 is 6.07. The summed E-state index contributed by atoms with van der Waals surface area (Å²) in [7, 11) is 0. The molecule has 0 aliphatic carbocycles. The molecule has 0 unspecified atom stereocenters. The van der Waals surface area contributed by atoms with Crippen molar-refractivity contribution in [2.75, 3.05) is 5.32 Å². The molecule has 8 heteroatoms. The first-order valence-corrected chi connectivity index (χ1v) is 8.13. The Morgan fingerprint density at radius 1 is 1.15 bits per heavy atom. The van der Waals surface area contributed by atoms with Gasteiger partial charge >= 0.3 is 0 Å². The summed E-state index contributed by atoms with van der Waals surface area (Å²) in [6.07, 6.45) is 1.40. The summed E-state index contributed by atoms with van der Waals surface area (Å²) in [6, 6.07) is 11.8. The number of carbonyl (C=O) groups excluding carboxylic acids is 2. The third-order valence-electron chi connectivity index (χ3n) is 3.52. The highest BCUT2D eigenvalue weighted by Crippen LogP contribution is 2.15. The number of halogens is 1. The van der Waals surface area contributed by atoms with E-state index in [0.29, 0.717) is 16.3 Å². The van der Waals surface area contributed by atoms with E-state index in [4.69, 9.17) is 16.1 Å². The number of rotatable bonds is 5. The monoisotopic (exact) mass is 370 g/mol. The molecule has 0 fully saturated rings. The second-order valence-corrected chi connectivity index (χ2v) is 5.89. The molecule has 132 valence electrons. The molecule has 0 saturated heterocycles. The van der Waals surface area contributed by atoms with E-state index in [2.05, 4.69) is 20.8 Å². The first kappa shape index (κ1) is 17.6. The number of benzene rings is 1. The highest BCUT2D eigenvalue weighted by atomic mass is 35.5. The van der Waals surface area contributed by atoms with Crippen LogP contribution >= 0.6 is 11.6 Å². The Morgan fingerprint density at radius 3 is 2.69 bits per heavy atom. The molecule has 2 N–H and O–H groups in total. The third-order valence-corrected chi connectivity index (χ3v) is 3.89. The van der Waals surface area contributed by atoms with Crippen LogP contribution in [0.5, 0.6) is 0 Å². The van der Waals surface area contributed by atoms with Gasteiger partial charge in [0.05, 0.1) is 0 Å². The summed E-state index contributed by atoms with van der Waals surface area (Å²) < 4.78 is 4.89. The van der Waals surface area contributed by atoms with Crippen LogP contribution in [0.15, 0.2) is 53.2 Å². The zero-order valence-electron chi connectivity index (χ0n) is 13.8. The Kier molecular flexibility index (Phi) is 5.28. The number of aryl methyl sites for hydroxylation is 1. The van der Waals surface area contributed by atoms with Gasteiger partial charge in [0.15, 0.2) is 5.82 Å². The largest absolute Gasteiger partial charge is 0.360 e. The predicted molar refractivity (Wildman–Crippen MR) is 96.1 cm³/mol. The maximum Gasteiger partial charge on any atom is 0.275 e. The molecule has 0 radical (unpaired) electrons. The van der Waals surface area contributed by atoms with E-state index in [1.165, 1.54) is 18.3 Å². The van der Waals surface area contributed by atoms with Crippen LogP contribution in [0.2, 0.25) is 5.02 Å². The standard InChI is InChI=1S/C18H15ClN4O3/c1-11-8-16(23-26-11)22-18(25)15-9-12(6-7-20-15)17(24)21-10-13-4-2-3-5-14(13)19/h2-9H,10H2,1H3,(H,21,24)(H,22,23,25). The lowest BCUT2D eigenvalue weighted by Crippen LogP contribution is -2.24. The summed E-state index contributed by atoms with van der Waals surface area (Å²) in [5, 5.41) is 9.58. The van der Waals surface area contributed by atoms with E-state index in [9.17, 15) is 9.59 Å². The molecule has 0 atom stereocenters. The average molecular weight is 371 g/mol. The van der Waals surface area contributed by atoms with Gasteiger partial charge in [-0.25, -0.2) is 0 Å². The molecule has 0 saturated carbocycles. The molecule has 3 aromatic rings. The number of nitrogens with zero attached hydrogens (tertiary/aromatic N) is 2. The first-order valence-electron chi connectivity index (χ1n) is 7.75. The van der Waals surface area contributed by atoms with Crippen LogP contribution in [0.25, 0.3) is 0 Å². The Labute approximate surface area is 154 Å². The smallest absolute Gasteiger partial charge is 0.275 e. The fourth-order valence-electron chi connectivity index (χ4n) is 2.22. The molecule has 2 aromatic heterocycles. The summed E-state index contributed by atoms with van der Waals surface area (Å²) in [5.74, 6) is 0.0292. The van der Waals surface area contributed by atoms with Crippen molar-refractivity contribution < 1.29 is 14.1 Å². The molecule has 26 heavy (non-hydrogen) atoms. The number of pyridine rings is 1. The number of carbonyl (C=O) groups is 2. The van der Waals surface area contributed by atoms with Gasteiger partial charge in [0.2, 0.25) is 0 Å². The molecule has 0 aliphatic heterocycles. The van der Waals surface area contributed by atoms with E-state index >= 15 is 0 Å². The highest BCUT2D eigenvalue weighted by Gasteiger charge is 2.14. The van der Waals surface area contributed by atoms with Gasteiger partial charge in [0.25, 0.3) is 11.8 Å². The Balaban J connectivity index is 1.67. The van der Waals surface area contributed by atoms with Crippen LogP contribution < -0.4 is 10.6 Å². The van der Waals surface area contributed by atoms with Crippen LogP contribution in [0, 0.1) is 6.92 Å². The zero-order chi connectivity index (χ0) is 18.5. The molecule has 3 rings (SSSR count). The Morgan fingerprint density at radius 2 is 1.96 bits per heavy atom. The van der Waals surface area contributed by atoms with Crippen LogP contribution in [0.4, 0.5) is 5.82 Å². The number of anilines is 1. The van der Waals surface area contributed by atoms with Crippen molar-refractivity contribution in [1.82, 2.24) is 15.5 Å². The minimum atomic E-state index is -0.487.